The summed E-state index contributed by atoms with van der Waals surface area (Å²) in [5, 5.41) is 2.43. The van der Waals surface area contributed by atoms with Gasteiger partial charge in [0.15, 0.2) is 0 Å². The molecular weight excluding hydrogens is 172 g/mol. The van der Waals surface area contributed by atoms with Gasteiger partial charge in [-0.3, -0.25) is 9.59 Å². The van der Waals surface area contributed by atoms with E-state index in [0.717, 1.165) is 0 Å². The Morgan fingerprint density at radius 3 is 2.62 bits per heavy atom. The number of nitrogens with one attached hydrogen (secondary N) is 1. The van der Waals surface area contributed by atoms with Crippen LogP contribution in [0.1, 0.15) is 13.3 Å². The minimum absolute atomic E-state index is 0.0768. The van der Waals surface area contributed by atoms with Gasteiger partial charge in [-0.2, -0.15) is 0 Å². The molecule has 0 aliphatic carbocycles. The summed E-state index contributed by atoms with van der Waals surface area (Å²) in [6.07, 6.45) is 0.341. The average molecular weight is 188 g/mol. The van der Waals surface area contributed by atoms with E-state index in [0.29, 0.717) is 13.0 Å². The van der Waals surface area contributed by atoms with Crippen molar-refractivity contribution >= 4 is 11.9 Å². The highest BCUT2D eigenvalue weighted by atomic mass is 16.5. The van der Waals surface area contributed by atoms with Crippen LogP contribution in [0, 0.1) is 5.92 Å². The highest BCUT2D eigenvalue weighted by molar-refractivity contribution is 5.81. The van der Waals surface area contributed by atoms with Crippen molar-refractivity contribution in [1.82, 2.24) is 5.32 Å². The third kappa shape index (κ3) is 6.10. The van der Waals surface area contributed by atoms with Gasteiger partial charge in [0.1, 0.15) is 6.54 Å². The SMILES string of the molecule is COC(=O)CNC(=O)CC(C)CN. The van der Waals surface area contributed by atoms with Gasteiger partial charge in [-0.05, 0) is 12.5 Å². The first-order chi connectivity index (χ1) is 6.10. The zero-order valence-electron chi connectivity index (χ0n) is 8.00. The molecule has 1 atom stereocenters. The molecule has 5 nitrogen and oxygen atoms in total. The van der Waals surface area contributed by atoms with Crippen LogP contribution in [0.15, 0.2) is 0 Å². The molecule has 76 valence electrons. The Morgan fingerprint density at radius 2 is 2.15 bits per heavy atom. The molecule has 0 aromatic carbocycles. The molecule has 0 aliphatic rings. The summed E-state index contributed by atoms with van der Waals surface area (Å²) >= 11 is 0. The zero-order chi connectivity index (χ0) is 10.3. The van der Waals surface area contributed by atoms with E-state index in [9.17, 15) is 9.59 Å². The highest BCUT2D eigenvalue weighted by Crippen LogP contribution is 1.97. The maximum atomic E-state index is 11.1. The fourth-order valence-electron chi connectivity index (χ4n) is 0.715. The molecule has 0 fully saturated rings. The standard InChI is InChI=1S/C8H16N2O3/c1-6(4-9)3-7(11)10-5-8(12)13-2/h6H,3-5,9H2,1-2H3,(H,10,11). The predicted molar refractivity (Wildman–Crippen MR) is 47.9 cm³/mol. The van der Waals surface area contributed by atoms with E-state index in [1.54, 1.807) is 0 Å². The van der Waals surface area contributed by atoms with Crippen LogP contribution >= 0.6 is 0 Å². The van der Waals surface area contributed by atoms with Gasteiger partial charge in [0.25, 0.3) is 0 Å². The number of hydrogen-bond donors (Lipinski definition) is 2. The molecule has 1 unspecified atom stereocenters. The Labute approximate surface area is 77.6 Å². The summed E-state index contributed by atoms with van der Waals surface area (Å²) in [6.45, 7) is 2.26. The molecular formula is C8H16N2O3. The largest absolute Gasteiger partial charge is 0.468 e. The second-order valence-corrected chi connectivity index (χ2v) is 2.90. The molecule has 0 bridgehead atoms. The minimum Gasteiger partial charge on any atom is -0.468 e. The van der Waals surface area contributed by atoms with Gasteiger partial charge >= 0.3 is 5.97 Å². The van der Waals surface area contributed by atoms with Crippen molar-refractivity contribution in [2.24, 2.45) is 11.7 Å². The number of rotatable bonds is 5. The molecule has 3 N–H and O–H groups in total. The number of ether oxygens (including phenoxy) is 1. The lowest BCUT2D eigenvalue weighted by atomic mass is 10.1. The molecule has 13 heavy (non-hydrogen) atoms. The van der Waals surface area contributed by atoms with E-state index in [1.165, 1.54) is 7.11 Å². The van der Waals surface area contributed by atoms with Crippen molar-refractivity contribution < 1.29 is 14.3 Å². The van der Waals surface area contributed by atoms with Crippen LogP contribution in [0.3, 0.4) is 0 Å². The van der Waals surface area contributed by atoms with Gasteiger partial charge in [-0.1, -0.05) is 6.92 Å². The van der Waals surface area contributed by atoms with Gasteiger partial charge in [0, 0.05) is 6.42 Å². The van der Waals surface area contributed by atoms with Crippen molar-refractivity contribution in [2.45, 2.75) is 13.3 Å². The lowest BCUT2D eigenvalue weighted by Gasteiger charge is -2.07. The molecule has 0 aromatic heterocycles. The third-order valence-electron chi connectivity index (χ3n) is 1.59. The molecule has 0 rings (SSSR count). The summed E-state index contributed by atoms with van der Waals surface area (Å²) in [6, 6.07) is 0. The quantitative estimate of drug-likeness (QED) is 0.557. The molecule has 0 radical (unpaired) electrons. The lowest BCUT2D eigenvalue weighted by molar-refractivity contribution is -0.141. The summed E-state index contributed by atoms with van der Waals surface area (Å²) in [5.74, 6) is -0.491. The normalized spacial score (nSPS) is 11.9. The van der Waals surface area contributed by atoms with Crippen LogP contribution < -0.4 is 11.1 Å². The zero-order valence-corrected chi connectivity index (χ0v) is 8.00. The first-order valence-electron chi connectivity index (χ1n) is 4.13. The Bertz CT molecular complexity index is 182. The first-order valence-corrected chi connectivity index (χ1v) is 4.13. The maximum Gasteiger partial charge on any atom is 0.325 e. The molecule has 1 amide bonds. The highest BCUT2D eigenvalue weighted by Gasteiger charge is 2.08. The van der Waals surface area contributed by atoms with E-state index < -0.39 is 5.97 Å². The van der Waals surface area contributed by atoms with Gasteiger partial charge in [0.2, 0.25) is 5.91 Å². The number of amides is 1. The topological polar surface area (TPSA) is 81.4 Å². The Hall–Kier alpha value is -1.10. The van der Waals surface area contributed by atoms with E-state index >= 15 is 0 Å². The Morgan fingerprint density at radius 1 is 1.54 bits per heavy atom. The average Bonchev–Trinajstić information content (AvgIpc) is 2.13. The molecule has 0 aliphatic heterocycles. The second kappa shape index (κ2) is 6.42. The predicted octanol–water partition coefficient (Wildman–Crippen LogP) is -0.739. The fraction of sp³-hybridized carbons (Fsp3) is 0.750. The number of carbonyl (C=O) groups is 2. The van der Waals surface area contributed by atoms with Crippen LogP contribution in [0.5, 0.6) is 0 Å². The van der Waals surface area contributed by atoms with Crippen LogP contribution in [-0.2, 0) is 14.3 Å². The number of nitrogens with two attached hydrogens (primary N) is 1. The smallest absolute Gasteiger partial charge is 0.325 e. The first kappa shape index (κ1) is 11.9. The number of carbonyl (C=O) groups excluding carboxylic acids is 2. The summed E-state index contributed by atoms with van der Waals surface area (Å²) < 4.78 is 4.35. The van der Waals surface area contributed by atoms with E-state index in [1.807, 2.05) is 6.92 Å². The number of hydrogen-bond acceptors (Lipinski definition) is 4. The number of methoxy groups -OCH3 is 1. The van der Waals surface area contributed by atoms with Gasteiger partial charge < -0.3 is 15.8 Å². The van der Waals surface area contributed by atoms with Gasteiger partial charge in [0.05, 0.1) is 7.11 Å². The van der Waals surface area contributed by atoms with Crippen molar-refractivity contribution in [3.8, 4) is 0 Å². The molecule has 5 heteroatoms. The van der Waals surface area contributed by atoms with E-state index in [4.69, 9.17) is 5.73 Å². The van der Waals surface area contributed by atoms with Gasteiger partial charge in [-0.15, -0.1) is 0 Å². The van der Waals surface area contributed by atoms with Crippen LogP contribution in [-0.4, -0.2) is 32.1 Å². The van der Waals surface area contributed by atoms with Crippen molar-refractivity contribution in [3.05, 3.63) is 0 Å². The summed E-state index contributed by atoms with van der Waals surface area (Å²) in [5.41, 5.74) is 5.33. The van der Waals surface area contributed by atoms with Crippen LogP contribution in [0.25, 0.3) is 0 Å². The molecule has 0 heterocycles. The summed E-state index contributed by atoms with van der Waals surface area (Å²) in [7, 11) is 1.27. The molecule has 0 spiro atoms. The summed E-state index contributed by atoms with van der Waals surface area (Å²) in [4.78, 5) is 21.7. The van der Waals surface area contributed by atoms with Crippen LogP contribution in [0.2, 0.25) is 0 Å². The van der Waals surface area contributed by atoms with E-state index in [2.05, 4.69) is 10.1 Å². The lowest BCUT2D eigenvalue weighted by Crippen LogP contribution is -2.32. The minimum atomic E-state index is -0.450. The maximum absolute atomic E-state index is 11.1. The van der Waals surface area contributed by atoms with Gasteiger partial charge in [-0.25, -0.2) is 0 Å². The Kier molecular flexibility index (Phi) is 5.88. The van der Waals surface area contributed by atoms with Crippen molar-refractivity contribution in [1.29, 1.82) is 0 Å². The Balaban J connectivity index is 3.57. The molecule has 0 saturated heterocycles. The monoisotopic (exact) mass is 188 g/mol. The third-order valence-corrected chi connectivity index (χ3v) is 1.59. The van der Waals surface area contributed by atoms with Crippen LogP contribution in [0.4, 0.5) is 0 Å². The number of esters is 1. The molecule has 0 aromatic rings. The van der Waals surface area contributed by atoms with Crippen molar-refractivity contribution in [3.63, 3.8) is 0 Å². The molecule has 0 saturated carbocycles. The van der Waals surface area contributed by atoms with Crippen molar-refractivity contribution in [2.75, 3.05) is 20.2 Å². The second-order valence-electron chi connectivity index (χ2n) is 2.90. The fourth-order valence-corrected chi connectivity index (χ4v) is 0.715. The van der Waals surface area contributed by atoms with E-state index in [-0.39, 0.29) is 18.4 Å².